The van der Waals surface area contributed by atoms with E-state index in [9.17, 15) is 0 Å². The maximum atomic E-state index is 5.03. The third kappa shape index (κ3) is 5.48. The highest BCUT2D eigenvalue weighted by atomic mass is 15.1. The van der Waals surface area contributed by atoms with Crippen LogP contribution < -0.4 is 0 Å². The Hall–Kier alpha value is -8.61. The highest BCUT2D eigenvalue weighted by Gasteiger charge is 2.22. The summed E-state index contributed by atoms with van der Waals surface area (Å²) >= 11 is 0. The lowest BCUT2D eigenvalue weighted by Crippen LogP contribution is -2.01. The van der Waals surface area contributed by atoms with Crippen LogP contribution >= 0.6 is 0 Å². The Morgan fingerprint density at radius 3 is 1.05 bits per heavy atom. The maximum Gasteiger partial charge on any atom is 0.164 e. The van der Waals surface area contributed by atoms with Crippen molar-refractivity contribution in [3.8, 4) is 51.2 Å². The highest BCUT2D eigenvalue weighted by Crippen LogP contribution is 2.42. The van der Waals surface area contributed by atoms with Crippen molar-refractivity contribution < 1.29 is 0 Å². The average Bonchev–Trinajstić information content (AvgIpc) is 4.01. The van der Waals surface area contributed by atoms with Crippen LogP contribution in [0.1, 0.15) is 0 Å². The molecule has 0 aliphatic carbocycles. The molecule has 0 atom stereocenters. The number of rotatable bonds is 6. The lowest BCUT2D eigenvalue weighted by molar-refractivity contribution is 1.07. The van der Waals surface area contributed by atoms with Gasteiger partial charge in [0, 0.05) is 66.1 Å². The van der Waals surface area contributed by atoms with Gasteiger partial charge in [0.25, 0.3) is 0 Å². The molecule has 0 N–H and O–H groups in total. The molecule has 13 aromatic rings. The van der Waals surface area contributed by atoms with Crippen molar-refractivity contribution in [2.24, 2.45) is 0 Å². The first-order valence-corrected chi connectivity index (χ1v) is 21.3. The quantitative estimate of drug-likeness (QED) is 0.168. The van der Waals surface area contributed by atoms with Crippen molar-refractivity contribution >= 4 is 65.4 Å². The minimum atomic E-state index is 0.627. The SMILES string of the molecule is c1ccc(-c2nc(-c3ccccc3)nc(-c3ccc(-n4c5ccccc5c5ccc6c7ccccc7n(-c7cccc(-n8c9ccccc9c9ccccc98)c7)c6c54)cc3)n2)cc1. The normalized spacial score (nSPS) is 11.8. The van der Waals surface area contributed by atoms with Crippen molar-refractivity contribution in [1.29, 1.82) is 0 Å². The predicted molar refractivity (Wildman–Crippen MR) is 259 cm³/mol. The van der Waals surface area contributed by atoms with E-state index in [1.165, 1.54) is 43.4 Å². The Bertz CT molecular complexity index is 3790. The van der Waals surface area contributed by atoms with Crippen LogP contribution in [0.4, 0.5) is 0 Å². The van der Waals surface area contributed by atoms with Crippen molar-refractivity contribution in [3.05, 3.63) is 218 Å². The summed E-state index contributed by atoms with van der Waals surface area (Å²) in [7, 11) is 0. The first-order valence-electron chi connectivity index (χ1n) is 21.3. The first-order chi connectivity index (χ1) is 31.3. The number of benzene rings is 9. The Kier molecular flexibility index (Phi) is 7.80. The molecule has 294 valence electrons. The van der Waals surface area contributed by atoms with E-state index in [0.717, 1.165) is 55.8 Å². The number of aromatic nitrogens is 6. The van der Waals surface area contributed by atoms with E-state index in [0.29, 0.717) is 17.5 Å². The van der Waals surface area contributed by atoms with Gasteiger partial charge in [-0.1, -0.05) is 152 Å². The summed E-state index contributed by atoms with van der Waals surface area (Å²) in [6.07, 6.45) is 0. The third-order valence-electron chi connectivity index (χ3n) is 12.5. The molecule has 0 aliphatic heterocycles. The lowest BCUT2D eigenvalue weighted by Gasteiger charge is -2.15. The summed E-state index contributed by atoms with van der Waals surface area (Å²) in [5, 5.41) is 7.30. The molecule has 0 amide bonds. The van der Waals surface area contributed by atoms with Crippen molar-refractivity contribution in [2.45, 2.75) is 0 Å². The van der Waals surface area contributed by atoms with E-state index in [1.54, 1.807) is 0 Å². The van der Waals surface area contributed by atoms with Crippen LogP contribution in [0.3, 0.4) is 0 Å². The van der Waals surface area contributed by atoms with Crippen LogP contribution in [-0.4, -0.2) is 28.7 Å². The molecule has 0 unspecified atom stereocenters. The van der Waals surface area contributed by atoms with Crippen LogP contribution in [0.5, 0.6) is 0 Å². The van der Waals surface area contributed by atoms with Gasteiger partial charge in [0.05, 0.1) is 33.1 Å². The molecular weight excluding hydrogens is 769 g/mol. The molecule has 9 aromatic carbocycles. The molecule has 0 aliphatic rings. The van der Waals surface area contributed by atoms with Gasteiger partial charge >= 0.3 is 0 Å². The molecule has 4 heterocycles. The van der Waals surface area contributed by atoms with Crippen LogP contribution in [-0.2, 0) is 0 Å². The number of nitrogens with zero attached hydrogens (tertiary/aromatic N) is 6. The third-order valence-corrected chi connectivity index (χ3v) is 12.5. The zero-order valence-corrected chi connectivity index (χ0v) is 34.0. The maximum absolute atomic E-state index is 5.03. The molecule has 0 saturated heterocycles. The summed E-state index contributed by atoms with van der Waals surface area (Å²) in [6, 6.07) is 77.5. The fraction of sp³-hybridized carbons (Fsp3) is 0. The minimum Gasteiger partial charge on any atom is -0.309 e. The number of fused-ring (bicyclic) bond motifs is 10. The summed E-state index contributed by atoms with van der Waals surface area (Å²) in [4.78, 5) is 15.0. The number of hydrogen-bond acceptors (Lipinski definition) is 3. The average molecular weight is 805 g/mol. The molecule has 6 heteroatoms. The summed E-state index contributed by atoms with van der Waals surface area (Å²) < 4.78 is 7.30. The van der Waals surface area contributed by atoms with Gasteiger partial charge in [-0.3, -0.25) is 0 Å². The van der Waals surface area contributed by atoms with Gasteiger partial charge in [-0.25, -0.2) is 15.0 Å². The van der Waals surface area contributed by atoms with Crippen LogP contribution in [0, 0.1) is 0 Å². The van der Waals surface area contributed by atoms with Crippen LogP contribution in [0.2, 0.25) is 0 Å². The minimum absolute atomic E-state index is 0.627. The fourth-order valence-corrected chi connectivity index (χ4v) is 9.71. The largest absolute Gasteiger partial charge is 0.309 e. The zero-order chi connectivity index (χ0) is 41.4. The highest BCUT2D eigenvalue weighted by molar-refractivity contribution is 6.24. The zero-order valence-electron chi connectivity index (χ0n) is 34.0. The van der Waals surface area contributed by atoms with Crippen LogP contribution in [0.15, 0.2) is 218 Å². The predicted octanol–water partition coefficient (Wildman–Crippen LogP) is 14.2. The second-order valence-corrected chi connectivity index (χ2v) is 16.0. The molecule has 0 saturated carbocycles. The van der Waals surface area contributed by atoms with Gasteiger partial charge in [0.1, 0.15) is 0 Å². The van der Waals surface area contributed by atoms with E-state index >= 15 is 0 Å². The standard InChI is InChI=1S/C57H36N6/c1-3-16-37(17-4-1)55-58-56(38-18-5-2-6-19-38)60-57(59-55)39-30-32-40(33-31-39)62-51-28-13-9-24-45(51)47-34-35-48-46-25-10-14-29-52(46)63(54(48)53(47)62)42-21-15-20-41(36-42)61-49-26-11-7-22-43(49)44-23-8-12-27-50(44)61/h1-36H. The van der Waals surface area contributed by atoms with Gasteiger partial charge in [-0.05, 0) is 66.7 Å². The summed E-state index contributed by atoms with van der Waals surface area (Å²) in [5.74, 6) is 1.91. The Labute approximate surface area is 362 Å². The molecule has 63 heavy (non-hydrogen) atoms. The summed E-state index contributed by atoms with van der Waals surface area (Å²) in [6.45, 7) is 0. The second-order valence-electron chi connectivity index (χ2n) is 16.0. The Morgan fingerprint density at radius 2 is 0.587 bits per heavy atom. The molecule has 0 radical (unpaired) electrons. The molecule has 13 rings (SSSR count). The topological polar surface area (TPSA) is 53.5 Å². The fourth-order valence-electron chi connectivity index (χ4n) is 9.71. The van der Waals surface area contributed by atoms with Crippen molar-refractivity contribution in [1.82, 2.24) is 28.7 Å². The van der Waals surface area contributed by atoms with Gasteiger partial charge < -0.3 is 13.7 Å². The van der Waals surface area contributed by atoms with Gasteiger partial charge in [-0.2, -0.15) is 0 Å². The second kappa shape index (κ2) is 14.0. The van der Waals surface area contributed by atoms with Gasteiger partial charge in [-0.15, -0.1) is 0 Å². The molecule has 6 nitrogen and oxygen atoms in total. The lowest BCUT2D eigenvalue weighted by atomic mass is 10.1. The van der Waals surface area contributed by atoms with Gasteiger partial charge in [0.15, 0.2) is 17.5 Å². The van der Waals surface area contributed by atoms with Crippen molar-refractivity contribution in [3.63, 3.8) is 0 Å². The van der Waals surface area contributed by atoms with E-state index in [-0.39, 0.29) is 0 Å². The first kappa shape index (κ1) is 35.2. The van der Waals surface area contributed by atoms with E-state index < -0.39 is 0 Å². The molecular formula is C57H36N6. The number of hydrogen-bond donors (Lipinski definition) is 0. The van der Waals surface area contributed by atoms with Crippen molar-refractivity contribution in [2.75, 3.05) is 0 Å². The Morgan fingerprint density at radius 1 is 0.238 bits per heavy atom. The Balaban J connectivity index is 1.03. The van der Waals surface area contributed by atoms with Gasteiger partial charge in [0.2, 0.25) is 0 Å². The number of para-hydroxylation sites is 4. The smallest absolute Gasteiger partial charge is 0.164 e. The monoisotopic (exact) mass is 804 g/mol. The molecule has 4 aromatic heterocycles. The molecule has 0 bridgehead atoms. The van der Waals surface area contributed by atoms with E-state index in [1.807, 2.05) is 60.7 Å². The molecule has 0 spiro atoms. The van der Waals surface area contributed by atoms with Crippen LogP contribution in [0.25, 0.3) is 117 Å². The molecule has 0 fully saturated rings. The summed E-state index contributed by atoms with van der Waals surface area (Å²) in [5.41, 5.74) is 13.0. The van der Waals surface area contributed by atoms with E-state index in [2.05, 4.69) is 171 Å². The van der Waals surface area contributed by atoms with E-state index in [4.69, 9.17) is 15.0 Å².